The Kier molecular flexibility index (Phi) is 6.27. The Labute approximate surface area is 145 Å². The fourth-order valence-corrected chi connectivity index (χ4v) is 3.42. The lowest BCUT2D eigenvalue weighted by Crippen LogP contribution is -2.41. The number of nitrogens with zero attached hydrogens (tertiary/aromatic N) is 1. The van der Waals surface area contributed by atoms with E-state index in [4.69, 9.17) is 27.9 Å². The average molecular weight is 381 g/mol. The van der Waals surface area contributed by atoms with Crippen molar-refractivity contribution in [1.82, 2.24) is 4.31 Å². The molecule has 0 aliphatic carbocycles. The molecule has 1 N–H and O–H groups in total. The number of amides is 1. The van der Waals surface area contributed by atoms with Gasteiger partial charge in [0.15, 0.2) is 0 Å². The van der Waals surface area contributed by atoms with E-state index in [1.807, 2.05) is 0 Å². The molecule has 1 aromatic carbocycles. The van der Waals surface area contributed by atoms with Crippen LogP contribution < -0.4 is 5.32 Å². The molecule has 1 atom stereocenters. The van der Waals surface area contributed by atoms with Gasteiger partial charge < -0.3 is 10.1 Å². The molecule has 0 aromatic heterocycles. The molecule has 128 valence electrons. The van der Waals surface area contributed by atoms with E-state index in [-0.39, 0.29) is 24.2 Å². The van der Waals surface area contributed by atoms with E-state index < -0.39 is 15.9 Å². The molecule has 1 aliphatic rings. The molecule has 2 rings (SSSR count). The van der Waals surface area contributed by atoms with Crippen LogP contribution in [0.3, 0.4) is 0 Å². The Hall–Kier alpha value is -0.860. The van der Waals surface area contributed by atoms with Crippen LogP contribution in [0.15, 0.2) is 18.2 Å². The summed E-state index contributed by atoms with van der Waals surface area (Å²) in [6.45, 7) is 0.476. The van der Waals surface area contributed by atoms with Crippen molar-refractivity contribution in [3.05, 3.63) is 28.2 Å². The zero-order valence-corrected chi connectivity index (χ0v) is 14.9. The summed E-state index contributed by atoms with van der Waals surface area (Å²) < 4.78 is 30.3. The van der Waals surface area contributed by atoms with Crippen LogP contribution in [0.2, 0.25) is 10.0 Å². The van der Waals surface area contributed by atoms with Gasteiger partial charge in [0.25, 0.3) is 0 Å². The van der Waals surface area contributed by atoms with E-state index in [1.54, 1.807) is 18.2 Å². The number of sulfonamides is 1. The van der Waals surface area contributed by atoms with Crippen molar-refractivity contribution in [3.63, 3.8) is 0 Å². The lowest BCUT2D eigenvalue weighted by molar-refractivity contribution is -0.116. The molecule has 1 fully saturated rings. The summed E-state index contributed by atoms with van der Waals surface area (Å²) in [7, 11) is -3.52. The summed E-state index contributed by atoms with van der Waals surface area (Å²) in [5.41, 5.74) is 0.342. The molecular formula is C14H18Cl2N2O4S. The molecule has 0 spiro atoms. The fraction of sp³-hybridized carbons (Fsp3) is 0.500. The van der Waals surface area contributed by atoms with Crippen LogP contribution in [-0.4, -0.2) is 50.7 Å². The number of nitrogens with one attached hydrogen (secondary N) is 1. The second kappa shape index (κ2) is 7.81. The first kappa shape index (κ1) is 18.5. The minimum atomic E-state index is -3.52. The number of rotatable bonds is 6. The third-order valence-electron chi connectivity index (χ3n) is 3.45. The van der Waals surface area contributed by atoms with Crippen LogP contribution >= 0.6 is 23.2 Å². The summed E-state index contributed by atoms with van der Waals surface area (Å²) in [5, 5.41) is 3.10. The Balaban J connectivity index is 2.03. The summed E-state index contributed by atoms with van der Waals surface area (Å²) in [4.78, 5) is 12.1. The van der Waals surface area contributed by atoms with Gasteiger partial charge in [-0.3, -0.25) is 4.79 Å². The molecule has 1 aliphatic heterocycles. The van der Waals surface area contributed by atoms with E-state index in [0.717, 1.165) is 23.4 Å². The summed E-state index contributed by atoms with van der Waals surface area (Å²) in [6, 6.07) is 4.83. The number of halogens is 2. The molecule has 1 amide bonds. The van der Waals surface area contributed by atoms with Crippen molar-refractivity contribution in [1.29, 1.82) is 0 Å². The highest BCUT2D eigenvalue weighted by molar-refractivity contribution is 7.88. The maximum absolute atomic E-state index is 12.1. The number of anilines is 1. The summed E-state index contributed by atoms with van der Waals surface area (Å²) >= 11 is 11.9. The predicted molar refractivity (Wildman–Crippen MR) is 90.5 cm³/mol. The Bertz CT molecular complexity index is 675. The zero-order chi connectivity index (χ0) is 17.0. The van der Waals surface area contributed by atoms with Gasteiger partial charge in [-0.2, -0.15) is 4.31 Å². The molecule has 0 saturated carbocycles. The van der Waals surface area contributed by atoms with Gasteiger partial charge in [0.2, 0.25) is 15.9 Å². The number of hydrogen-bond acceptors (Lipinski definition) is 4. The molecule has 0 bridgehead atoms. The van der Waals surface area contributed by atoms with E-state index >= 15 is 0 Å². The van der Waals surface area contributed by atoms with Crippen molar-refractivity contribution in [2.45, 2.75) is 18.9 Å². The number of carbonyl (C=O) groups is 1. The molecule has 0 radical (unpaired) electrons. The van der Waals surface area contributed by atoms with Crippen molar-refractivity contribution in [2.75, 3.05) is 31.3 Å². The minimum absolute atomic E-state index is 0.162. The Morgan fingerprint density at radius 1 is 1.43 bits per heavy atom. The van der Waals surface area contributed by atoms with Gasteiger partial charge in [-0.25, -0.2) is 8.42 Å². The Morgan fingerprint density at radius 2 is 2.17 bits per heavy atom. The third-order valence-corrected chi connectivity index (χ3v) is 5.48. The van der Waals surface area contributed by atoms with Crippen LogP contribution in [0.5, 0.6) is 0 Å². The number of carbonyl (C=O) groups excluding carboxylic acids is 1. The maximum Gasteiger partial charge on any atom is 0.239 e. The van der Waals surface area contributed by atoms with Crippen molar-refractivity contribution in [2.24, 2.45) is 0 Å². The molecule has 9 heteroatoms. The smallest absolute Gasteiger partial charge is 0.239 e. The second-order valence-corrected chi connectivity index (χ2v) is 8.11. The molecule has 1 aromatic rings. The lowest BCUT2D eigenvalue weighted by Gasteiger charge is -2.22. The van der Waals surface area contributed by atoms with Crippen molar-refractivity contribution >= 4 is 44.8 Å². The fourth-order valence-electron chi connectivity index (χ4n) is 2.28. The first-order valence-corrected chi connectivity index (χ1v) is 9.68. The topological polar surface area (TPSA) is 75.7 Å². The molecular weight excluding hydrogens is 363 g/mol. The van der Waals surface area contributed by atoms with E-state index in [0.29, 0.717) is 17.3 Å². The summed E-state index contributed by atoms with van der Waals surface area (Å²) in [5.74, 6) is -0.488. The third kappa shape index (κ3) is 5.32. The molecule has 1 heterocycles. The van der Waals surface area contributed by atoms with Crippen LogP contribution in [0, 0.1) is 0 Å². The SMILES string of the molecule is CS(=O)(=O)N(CC(=O)Nc1cccc(Cl)c1Cl)CC1CCCO1. The molecule has 1 unspecified atom stereocenters. The van der Waals surface area contributed by atoms with Gasteiger partial charge in [0, 0.05) is 13.2 Å². The van der Waals surface area contributed by atoms with Crippen LogP contribution in [0.25, 0.3) is 0 Å². The highest BCUT2D eigenvalue weighted by Gasteiger charge is 2.26. The van der Waals surface area contributed by atoms with Gasteiger partial charge in [0.1, 0.15) is 0 Å². The van der Waals surface area contributed by atoms with Crippen LogP contribution in [0.1, 0.15) is 12.8 Å². The molecule has 23 heavy (non-hydrogen) atoms. The van der Waals surface area contributed by atoms with Crippen molar-refractivity contribution < 1.29 is 17.9 Å². The first-order valence-electron chi connectivity index (χ1n) is 7.08. The number of benzene rings is 1. The van der Waals surface area contributed by atoms with Gasteiger partial charge in [0.05, 0.1) is 34.6 Å². The zero-order valence-electron chi connectivity index (χ0n) is 12.6. The number of ether oxygens (including phenoxy) is 1. The average Bonchev–Trinajstić information content (AvgIpc) is 2.95. The first-order chi connectivity index (χ1) is 10.8. The standard InChI is InChI=1S/C14H18Cl2N2O4S/c1-23(20,21)18(8-10-4-3-7-22-10)9-13(19)17-12-6-2-5-11(15)14(12)16/h2,5-6,10H,3-4,7-9H2,1H3,(H,17,19). The monoisotopic (exact) mass is 380 g/mol. The predicted octanol–water partition coefficient (Wildman–Crippen LogP) is 2.37. The van der Waals surface area contributed by atoms with E-state index in [9.17, 15) is 13.2 Å². The lowest BCUT2D eigenvalue weighted by atomic mass is 10.2. The van der Waals surface area contributed by atoms with Gasteiger partial charge in [-0.15, -0.1) is 0 Å². The largest absolute Gasteiger partial charge is 0.377 e. The van der Waals surface area contributed by atoms with Gasteiger partial charge >= 0.3 is 0 Å². The number of hydrogen-bond donors (Lipinski definition) is 1. The highest BCUT2D eigenvalue weighted by Crippen LogP contribution is 2.29. The van der Waals surface area contributed by atoms with E-state index in [1.165, 1.54) is 0 Å². The molecule has 1 saturated heterocycles. The quantitative estimate of drug-likeness (QED) is 0.821. The van der Waals surface area contributed by atoms with Crippen LogP contribution in [-0.2, 0) is 19.6 Å². The molecule has 6 nitrogen and oxygen atoms in total. The van der Waals surface area contributed by atoms with Crippen LogP contribution in [0.4, 0.5) is 5.69 Å². The van der Waals surface area contributed by atoms with Crippen molar-refractivity contribution in [3.8, 4) is 0 Å². The highest BCUT2D eigenvalue weighted by atomic mass is 35.5. The maximum atomic E-state index is 12.1. The Morgan fingerprint density at radius 3 is 2.78 bits per heavy atom. The second-order valence-electron chi connectivity index (χ2n) is 5.34. The van der Waals surface area contributed by atoms with Gasteiger partial charge in [-0.1, -0.05) is 29.3 Å². The van der Waals surface area contributed by atoms with Gasteiger partial charge in [-0.05, 0) is 25.0 Å². The minimum Gasteiger partial charge on any atom is -0.377 e. The summed E-state index contributed by atoms with van der Waals surface area (Å²) in [6.07, 6.45) is 2.58. The normalized spacial score (nSPS) is 18.3. The van der Waals surface area contributed by atoms with E-state index in [2.05, 4.69) is 5.32 Å².